The number of hydrogen-bond donors (Lipinski definition) is 3. The second-order valence-corrected chi connectivity index (χ2v) is 12.0. The number of benzene rings is 6. The first-order valence-electron chi connectivity index (χ1n) is 17.8. The lowest BCUT2D eigenvalue weighted by Crippen LogP contribution is -2.11. The number of carbonyl (C=O) groups is 3. The molecule has 0 saturated heterocycles. The van der Waals surface area contributed by atoms with Gasteiger partial charge in [0.2, 0.25) is 0 Å². The van der Waals surface area contributed by atoms with Crippen molar-refractivity contribution in [3.63, 3.8) is 0 Å². The highest BCUT2D eigenvalue weighted by atomic mass is 16.5. The van der Waals surface area contributed by atoms with Crippen molar-refractivity contribution >= 4 is 23.3 Å². The summed E-state index contributed by atoms with van der Waals surface area (Å²) in [5.41, 5.74) is 5.83. The molecule has 280 valence electrons. The van der Waals surface area contributed by atoms with Gasteiger partial charge in [0.25, 0.3) is 0 Å². The summed E-state index contributed by atoms with van der Waals surface area (Å²) in [5, 5.41) is 27.8. The number of esters is 2. The maximum atomic E-state index is 11.9. The van der Waals surface area contributed by atoms with E-state index in [0.717, 1.165) is 27.8 Å². The molecule has 0 saturated carbocycles. The molecule has 1 atom stereocenters. The molecule has 6 rings (SSSR count). The van der Waals surface area contributed by atoms with Crippen LogP contribution in [0.1, 0.15) is 64.4 Å². The number of ether oxygens (including phenoxy) is 2. The third kappa shape index (κ3) is 13.2. The second kappa shape index (κ2) is 21.6. The van der Waals surface area contributed by atoms with E-state index in [0.29, 0.717) is 30.8 Å². The lowest BCUT2D eigenvalue weighted by atomic mass is 9.88. The molecule has 0 aliphatic heterocycles. The van der Waals surface area contributed by atoms with E-state index in [9.17, 15) is 24.6 Å². The Morgan fingerprint density at radius 1 is 0.491 bits per heavy atom. The summed E-state index contributed by atoms with van der Waals surface area (Å²) in [5.74, 6) is -0.103. The molecule has 6 aromatic carbocycles. The van der Waals surface area contributed by atoms with Gasteiger partial charge in [-0.3, -0.25) is 9.59 Å². The Bertz CT molecular complexity index is 2090. The number of ketones is 1. The number of carbonyl (C=O) groups excluding carboxylic acids is 3. The summed E-state index contributed by atoms with van der Waals surface area (Å²) in [6.07, 6.45) is 1.77. The molecule has 55 heavy (non-hydrogen) atoms. The average molecular weight is 737 g/mol. The van der Waals surface area contributed by atoms with Crippen molar-refractivity contribution in [3.8, 4) is 17.2 Å². The van der Waals surface area contributed by atoms with Crippen molar-refractivity contribution in [2.45, 2.75) is 26.2 Å². The quantitative estimate of drug-likeness (QED) is 0.0682. The standard InChI is InChI=1S/C17H18O3.C17H16O3.C13H10O2/c2*1-2-20-17(19)12-16(13-6-4-3-5-7-13)14-8-10-15(18)11-9-14;14-12-8-6-11(7-9-12)13(15)10-4-2-1-3-5-10/h3-11,16,18H,2,12H2,1H3;3-12,18H,2H2,1H3;1-9,14H. The van der Waals surface area contributed by atoms with Crippen LogP contribution in [-0.2, 0) is 19.1 Å². The molecule has 0 radical (unpaired) electrons. The topological polar surface area (TPSA) is 130 Å². The minimum absolute atomic E-state index is 0.0319. The summed E-state index contributed by atoms with van der Waals surface area (Å²) in [7, 11) is 0. The van der Waals surface area contributed by atoms with Crippen LogP contribution < -0.4 is 0 Å². The average Bonchev–Trinajstić information content (AvgIpc) is 3.21. The normalized spacial score (nSPS) is 11.1. The zero-order chi connectivity index (χ0) is 39.4. The van der Waals surface area contributed by atoms with E-state index < -0.39 is 0 Å². The Balaban J connectivity index is 0.000000186. The summed E-state index contributed by atoms with van der Waals surface area (Å²) in [6.45, 7) is 4.30. The summed E-state index contributed by atoms with van der Waals surface area (Å²) >= 11 is 0. The van der Waals surface area contributed by atoms with E-state index in [1.165, 1.54) is 18.2 Å². The lowest BCUT2D eigenvalue weighted by molar-refractivity contribution is -0.143. The van der Waals surface area contributed by atoms with Crippen LogP contribution in [0.4, 0.5) is 0 Å². The number of phenolic OH excluding ortho intramolecular Hbond substituents is 3. The molecule has 1 unspecified atom stereocenters. The Labute approximate surface area is 321 Å². The second-order valence-electron chi connectivity index (χ2n) is 12.0. The fourth-order valence-electron chi connectivity index (χ4n) is 5.47. The summed E-state index contributed by atoms with van der Waals surface area (Å²) in [6, 6.07) is 48.4. The van der Waals surface area contributed by atoms with Gasteiger partial charge in [-0.05, 0) is 90.2 Å². The summed E-state index contributed by atoms with van der Waals surface area (Å²) in [4.78, 5) is 35.4. The first kappa shape index (κ1) is 40.8. The van der Waals surface area contributed by atoms with Crippen molar-refractivity contribution in [2.24, 2.45) is 0 Å². The molecule has 8 heteroatoms. The largest absolute Gasteiger partial charge is 0.508 e. The molecular formula is C47H44O8. The third-order valence-corrected chi connectivity index (χ3v) is 8.15. The van der Waals surface area contributed by atoms with Crippen molar-refractivity contribution in [2.75, 3.05) is 13.2 Å². The van der Waals surface area contributed by atoms with Gasteiger partial charge < -0.3 is 24.8 Å². The molecule has 0 heterocycles. The SMILES string of the molecule is CCOC(=O)C=C(c1ccccc1)c1ccc(O)cc1.CCOC(=O)CC(c1ccccc1)c1ccc(O)cc1.O=C(c1ccccc1)c1ccc(O)cc1. The van der Waals surface area contributed by atoms with Gasteiger partial charge in [-0.2, -0.15) is 0 Å². The minimum Gasteiger partial charge on any atom is -0.508 e. The Kier molecular flexibility index (Phi) is 16.0. The van der Waals surface area contributed by atoms with Crippen LogP contribution in [0.5, 0.6) is 17.2 Å². The Morgan fingerprint density at radius 2 is 0.873 bits per heavy atom. The molecule has 0 amide bonds. The highest BCUT2D eigenvalue weighted by molar-refractivity contribution is 6.09. The molecular weight excluding hydrogens is 693 g/mol. The van der Waals surface area contributed by atoms with Gasteiger partial charge in [-0.25, -0.2) is 4.79 Å². The fraction of sp³-hybridized carbons (Fsp3) is 0.128. The highest BCUT2D eigenvalue weighted by Crippen LogP contribution is 2.30. The van der Waals surface area contributed by atoms with Crippen LogP contribution in [0, 0.1) is 0 Å². The maximum absolute atomic E-state index is 11.9. The van der Waals surface area contributed by atoms with Gasteiger partial charge in [0.1, 0.15) is 17.2 Å². The lowest BCUT2D eigenvalue weighted by Gasteiger charge is -2.17. The van der Waals surface area contributed by atoms with E-state index in [1.54, 1.807) is 74.5 Å². The molecule has 0 aliphatic rings. The van der Waals surface area contributed by atoms with Gasteiger partial charge in [-0.15, -0.1) is 0 Å². The minimum atomic E-state index is -0.376. The number of phenols is 3. The van der Waals surface area contributed by atoms with E-state index in [4.69, 9.17) is 14.6 Å². The zero-order valence-corrected chi connectivity index (χ0v) is 30.7. The molecule has 0 bridgehead atoms. The van der Waals surface area contributed by atoms with E-state index in [-0.39, 0.29) is 40.9 Å². The molecule has 0 spiro atoms. The number of hydrogen-bond acceptors (Lipinski definition) is 8. The number of aromatic hydroxyl groups is 3. The molecule has 3 N–H and O–H groups in total. The first-order chi connectivity index (χ1) is 26.7. The fourth-order valence-corrected chi connectivity index (χ4v) is 5.47. The van der Waals surface area contributed by atoms with Crippen molar-refractivity contribution in [1.29, 1.82) is 0 Å². The van der Waals surface area contributed by atoms with Gasteiger partial charge >= 0.3 is 11.9 Å². The van der Waals surface area contributed by atoms with Crippen LogP contribution in [0.25, 0.3) is 5.57 Å². The monoisotopic (exact) mass is 736 g/mol. The zero-order valence-electron chi connectivity index (χ0n) is 30.7. The van der Waals surface area contributed by atoms with Crippen LogP contribution in [-0.4, -0.2) is 46.3 Å². The Morgan fingerprint density at radius 3 is 1.36 bits per heavy atom. The first-order valence-corrected chi connectivity index (χ1v) is 17.8. The van der Waals surface area contributed by atoms with E-state index in [2.05, 4.69) is 0 Å². The number of rotatable bonds is 11. The highest BCUT2D eigenvalue weighted by Gasteiger charge is 2.19. The van der Waals surface area contributed by atoms with Crippen LogP contribution >= 0.6 is 0 Å². The molecule has 8 nitrogen and oxygen atoms in total. The van der Waals surface area contributed by atoms with Crippen molar-refractivity contribution in [3.05, 3.63) is 203 Å². The van der Waals surface area contributed by atoms with E-state index in [1.807, 2.05) is 91.0 Å². The van der Waals surface area contributed by atoms with Crippen LogP contribution in [0.3, 0.4) is 0 Å². The van der Waals surface area contributed by atoms with Crippen molar-refractivity contribution < 1.29 is 39.2 Å². The molecule has 6 aromatic rings. The molecule has 0 aromatic heterocycles. The van der Waals surface area contributed by atoms with E-state index >= 15 is 0 Å². The maximum Gasteiger partial charge on any atom is 0.331 e. The predicted molar refractivity (Wildman–Crippen MR) is 214 cm³/mol. The van der Waals surface area contributed by atoms with Crippen molar-refractivity contribution in [1.82, 2.24) is 0 Å². The van der Waals surface area contributed by atoms with Gasteiger partial charge in [0.05, 0.1) is 19.6 Å². The van der Waals surface area contributed by atoms with Crippen LogP contribution in [0.15, 0.2) is 170 Å². The van der Waals surface area contributed by atoms with Gasteiger partial charge in [-0.1, -0.05) is 115 Å². The van der Waals surface area contributed by atoms with Crippen LogP contribution in [0.2, 0.25) is 0 Å². The molecule has 0 aliphatic carbocycles. The Hall–Kier alpha value is -6.93. The smallest absolute Gasteiger partial charge is 0.331 e. The summed E-state index contributed by atoms with van der Waals surface area (Å²) < 4.78 is 10.0. The van der Waals surface area contributed by atoms with Gasteiger partial charge in [0.15, 0.2) is 5.78 Å². The third-order valence-electron chi connectivity index (χ3n) is 8.15. The predicted octanol–water partition coefficient (Wildman–Crippen LogP) is 9.49. The molecule has 0 fully saturated rings. The van der Waals surface area contributed by atoms with Gasteiger partial charge in [0, 0.05) is 23.1 Å².